The summed E-state index contributed by atoms with van der Waals surface area (Å²) < 4.78 is 7.33. The molecular formula is C17H23N3O4S. The topological polar surface area (TPSA) is 73.5 Å². The first-order valence-corrected chi connectivity index (χ1v) is 9.25. The van der Waals surface area contributed by atoms with Gasteiger partial charge in [0, 0.05) is 11.4 Å². The summed E-state index contributed by atoms with van der Waals surface area (Å²) in [6, 6.07) is 0. The maximum Gasteiger partial charge on any atom is 0.332 e. The van der Waals surface area contributed by atoms with Crippen LogP contribution in [0.15, 0.2) is 9.59 Å². The summed E-state index contributed by atoms with van der Waals surface area (Å²) in [6.07, 6.45) is 3.64. The van der Waals surface area contributed by atoms with Crippen molar-refractivity contribution < 1.29 is 9.53 Å². The quantitative estimate of drug-likeness (QED) is 0.709. The first-order chi connectivity index (χ1) is 11.9. The summed E-state index contributed by atoms with van der Waals surface area (Å²) in [7, 11) is 5.22. The number of ether oxygens (including phenoxy) is 1. The highest BCUT2D eigenvalue weighted by Gasteiger charge is 2.25. The molecule has 0 N–H and O–H groups in total. The van der Waals surface area contributed by atoms with Gasteiger partial charge in [-0.25, -0.2) is 9.36 Å². The molecule has 25 heavy (non-hydrogen) atoms. The van der Waals surface area contributed by atoms with Crippen molar-refractivity contribution in [3.8, 4) is 0 Å². The fourth-order valence-electron chi connectivity index (χ4n) is 3.33. The zero-order valence-electron chi connectivity index (χ0n) is 14.8. The van der Waals surface area contributed by atoms with E-state index in [2.05, 4.69) is 9.64 Å². The fourth-order valence-corrected chi connectivity index (χ4v) is 4.73. The van der Waals surface area contributed by atoms with Crippen molar-refractivity contribution in [1.29, 1.82) is 0 Å². The SMILES string of the molecule is COC(=O)Cn1c(=O)c2c3c(sc2n(CCCN(C)C)c1=O)CCC3. The number of aryl methyl sites for hydroxylation is 3. The van der Waals surface area contributed by atoms with E-state index in [1.807, 2.05) is 14.1 Å². The van der Waals surface area contributed by atoms with E-state index in [0.29, 0.717) is 11.9 Å². The lowest BCUT2D eigenvalue weighted by molar-refractivity contribution is -0.141. The second-order valence-electron chi connectivity index (χ2n) is 6.60. The Bertz CT molecular complexity index is 923. The number of hydrogen-bond acceptors (Lipinski definition) is 6. The van der Waals surface area contributed by atoms with Gasteiger partial charge in [0.25, 0.3) is 5.56 Å². The molecule has 8 heteroatoms. The van der Waals surface area contributed by atoms with E-state index >= 15 is 0 Å². The van der Waals surface area contributed by atoms with E-state index in [4.69, 9.17) is 0 Å². The molecule has 0 atom stereocenters. The highest BCUT2D eigenvalue weighted by atomic mass is 32.1. The van der Waals surface area contributed by atoms with Gasteiger partial charge >= 0.3 is 11.7 Å². The fraction of sp³-hybridized carbons (Fsp3) is 0.588. The number of nitrogens with zero attached hydrogens (tertiary/aromatic N) is 3. The number of methoxy groups -OCH3 is 1. The van der Waals surface area contributed by atoms with Crippen molar-refractivity contribution in [2.75, 3.05) is 27.7 Å². The Morgan fingerprint density at radius 2 is 2.00 bits per heavy atom. The van der Waals surface area contributed by atoms with Gasteiger partial charge in [-0.2, -0.15) is 0 Å². The van der Waals surface area contributed by atoms with Crippen LogP contribution in [0.3, 0.4) is 0 Å². The third-order valence-electron chi connectivity index (χ3n) is 4.57. The number of aromatic nitrogens is 2. The highest BCUT2D eigenvalue weighted by molar-refractivity contribution is 7.18. The average molecular weight is 365 g/mol. The van der Waals surface area contributed by atoms with Crippen LogP contribution in [-0.2, 0) is 35.5 Å². The Balaban J connectivity index is 2.16. The van der Waals surface area contributed by atoms with Crippen molar-refractivity contribution in [2.45, 2.75) is 38.8 Å². The van der Waals surface area contributed by atoms with Crippen LogP contribution in [0.1, 0.15) is 23.3 Å². The van der Waals surface area contributed by atoms with Crippen LogP contribution in [-0.4, -0.2) is 47.8 Å². The van der Waals surface area contributed by atoms with Gasteiger partial charge in [0.05, 0.1) is 12.5 Å². The molecule has 0 aliphatic heterocycles. The van der Waals surface area contributed by atoms with Crippen molar-refractivity contribution >= 4 is 27.5 Å². The van der Waals surface area contributed by atoms with E-state index < -0.39 is 11.7 Å². The number of carbonyl (C=O) groups is 1. The van der Waals surface area contributed by atoms with E-state index in [-0.39, 0.29) is 12.1 Å². The van der Waals surface area contributed by atoms with Crippen LogP contribution in [0.2, 0.25) is 0 Å². The first-order valence-electron chi connectivity index (χ1n) is 8.43. The van der Waals surface area contributed by atoms with Crippen LogP contribution < -0.4 is 11.2 Å². The van der Waals surface area contributed by atoms with E-state index in [1.165, 1.54) is 12.0 Å². The number of carbonyl (C=O) groups excluding carboxylic acids is 1. The van der Waals surface area contributed by atoms with Gasteiger partial charge in [-0.05, 0) is 51.9 Å². The van der Waals surface area contributed by atoms with Crippen molar-refractivity contribution in [2.24, 2.45) is 0 Å². The van der Waals surface area contributed by atoms with Crippen molar-refractivity contribution in [1.82, 2.24) is 14.0 Å². The Labute approximate surface area is 149 Å². The Hall–Kier alpha value is -1.93. The monoisotopic (exact) mass is 365 g/mol. The van der Waals surface area contributed by atoms with Crippen molar-refractivity contribution in [3.63, 3.8) is 0 Å². The predicted octanol–water partition coefficient (Wildman–Crippen LogP) is 0.838. The number of hydrogen-bond donors (Lipinski definition) is 0. The molecule has 3 rings (SSSR count). The first kappa shape index (κ1) is 17.9. The Kier molecular flexibility index (Phi) is 5.10. The summed E-state index contributed by atoms with van der Waals surface area (Å²) >= 11 is 1.55. The lowest BCUT2D eigenvalue weighted by Gasteiger charge is -2.13. The molecule has 0 amide bonds. The van der Waals surface area contributed by atoms with Gasteiger partial charge in [0.2, 0.25) is 0 Å². The summed E-state index contributed by atoms with van der Waals surface area (Å²) in [5, 5.41) is 0.617. The summed E-state index contributed by atoms with van der Waals surface area (Å²) in [5.74, 6) is -0.592. The van der Waals surface area contributed by atoms with E-state index in [1.54, 1.807) is 15.9 Å². The second kappa shape index (κ2) is 7.13. The molecule has 2 aromatic rings. The molecule has 0 bridgehead atoms. The Morgan fingerprint density at radius 1 is 1.24 bits per heavy atom. The third kappa shape index (κ3) is 3.28. The van der Waals surface area contributed by atoms with Crippen LogP contribution in [0.25, 0.3) is 10.2 Å². The second-order valence-corrected chi connectivity index (χ2v) is 7.68. The maximum absolute atomic E-state index is 12.9. The largest absolute Gasteiger partial charge is 0.468 e. The van der Waals surface area contributed by atoms with Crippen LogP contribution in [0.4, 0.5) is 0 Å². The van der Waals surface area contributed by atoms with Gasteiger partial charge in [-0.3, -0.25) is 14.2 Å². The van der Waals surface area contributed by atoms with Gasteiger partial charge in [-0.15, -0.1) is 11.3 Å². The minimum Gasteiger partial charge on any atom is -0.468 e. The normalized spacial score (nSPS) is 13.6. The van der Waals surface area contributed by atoms with Gasteiger partial charge in [0.15, 0.2) is 0 Å². The number of esters is 1. The number of thiophene rings is 1. The molecule has 0 fully saturated rings. The minimum atomic E-state index is -0.592. The van der Waals surface area contributed by atoms with E-state index in [0.717, 1.165) is 47.2 Å². The standard InChI is InChI=1S/C17H23N3O4S/c1-18(2)8-5-9-19-16-14(11-6-4-7-12(11)25-16)15(22)20(17(19)23)10-13(21)24-3/h4-10H2,1-3H3. The van der Waals surface area contributed by atoms with Crippen LogP contribution >= 0.6 is 11.3 Å². The zero-order chi connectivity index (χ0) is 18.1. The average Bonchev–Trinajstić information content (AvgIpc) is 3.14. The molecular weight excluding hydrogens is 342 g/mol. The summed E-state index contributed by atoms with van der Waals surface area (Å²) in [5.41, 5.74) is 0.264. The molecule has 1 aliphatic carbocycles. The van der Waals surface area contributed by atoms with Crippen LogP contribution in [0, 0.1) is 0 Å². The van der Waals surface area contributed by atoms with Gasteiger partial charge in [-0.1, -0.05) is 0 Å². The molecule has 0 unspecified atom stereocenters. The molecule has 7 nitrogen and oxygen atoms in total. The summed E-state index contributed by atoms with van der Waals surface area (Å²) in [4.78, 5) is 41.4. The third-order valence-corrected chi connectivity index (χ3v) is 5.89. The Morgan fingerprint density at radius 3 is 2.68 bits per heavy atom. The molecule has 1 aliphatic rings. The molecule has 2 heterocycles. The maximum atomic E-state index is 12.9. The van der Waals surface area contributed by atoms with Crippen molar-refractivity contribution in [3.05, 3.63) is 31.3 Å². The molecule has 0 saturated carbocycles. The molecule has 0 radical (unpaired) electrons. The number of rotatable bonds is 6. The lowest BCUT2D eigenvalue weighted by Crippen LogP contribution is -2.42. The molecule has 2 aromatic heterocycles. The van der Waals surface area contributed by atoms with Gasteiger partial charge < -0.3 is 9.64 Å². The molecule has 0 aromatic carbocycles. The lowest BCUT2D eigenvalue weighted by atomic mass is 10.2. The minimum absolute atomic E-state index is 0.345. The van der Waals surface area contributed by atoms with E-state index in [9.17, 15) is 14.4 Å². The highest BCUT2D eigenvalue weighted by Crippen LogP contribution is 2.35. The molecule has 136 valence electrons. The summed E-state index contributed by atoms with van der Waals surface area (Å²) in [6.45, 7) is 1.02. The molecule has 0 saturated heterocycles. The zero-order valence-corrected chi connectivity index (χ0v) is 15.6. The smallest absolute Gasteiger partial charge is 0.332 e. The van der Waals surface area contributed by atoms with Gasteiger partial charge in [0.1, 0.15) is 11.4 Å². The number of fused-ring (bicyclic) bond motifs is 3. The predicted molar refractivity (Wildman–Crippen MR) is 97.6 cm³/mol. The molecule has 0 spiro atoms. The van der Waals surface area contributed by atoms with Crippen LogP contribution in [0.5, 0.6) is 0 Å².